The van der Waals surface area contributed by atoms with Gasteiger partial charge in [-0.15, -0.1) is 0 Å². The van der Waals surface area contributed by atoms with Crippen LogP contribution in [0.15, 0.2) is 28.8 Å². The van der Waals surface area contributed by atoms with Gasteiger partial charge in [0.15, 0.2) is 5.58 Å². The van der Waals surface area contributed by atoms with E-state index in [2.05, 4.69) is 11.4 Å². The van der Waals surface area contributed by atoms with Gasteiger partial charge in [0, 0.05) is 23.7 Å². The topological polar surface area (TPSA) is 63.4 Å². The third-order valence-corrected chi connectivity index (χ3v) is 7.34. The van der Waals surface area contributed by atoms with Crippen molar-refractivity contribution in [1.82, 2.24) is 9.46 Å². The number of para-hydroxylation sites is 1. The maximum Gasteiger partial charge on any atom is 0.220 e. The molecular weight excluding hydrogens is 320 g/mol. The van der Waals surface area contributed by atoms with Gasteiger partial charge < -0.3 is 4.52 Å². The fourth-order valence-corrected chi connectivity index (χ4v) is 5.65. The van der Waals surface area contributed by atoms with Gasteiger partial charge in [-0.1, -0.05) is 23.7 Å². The van der Waals surface area contributed by atoms with Crippen LogP contribution in [-0.2, 0) is 15.8 Å². The molecule has 1 aliphatic carbocycles. The molecule has 0 unspecified atom stereocenters. The van der Waals surface area contributed by atoms with E-state index < -0.39 is 10.0 Å². The number of benzene rings is 1. The van der Waals surface area contributed by atoms with Crippen molar-refractivity contribution < 1.29 is 12.9 Å². The number of nitrogens with zero attached hydrogens (tertiary/aromatic N) is 2. The van der Waals surface area contributed by atoms with Crippen LogP contribution in [0.5, 0.6) is 0 Å². The van der Waals surface area contributed by atoms with Crippen LogP contribution in [0.1, 0.15) is 25.0 Å². The zero-order chi connectivity index (χ0) is 15.7. The van der Waals surface area contributed by atoms with Gasteiger partial charge in [0.1, 0.15) is 11.4 Å². The van der Waals surface area contributed by atoms with E-state index in [1.54, 1.807) is 29.2 Å². The number of fused-ring (bicyclic) bond motifs is 1. The molecule has 1 saturated carbocycles. The fraction of sp³-hybridized carbons (Fsp3) is 0.533. The maximum atomic E-state index is 12.7. The zero-order valence-electron chi connectivity index (χ0n) is 12.7. The Morgan fingerprint density at radius 1 is 1.36 bits per heavy atom. The van der Waals surface area contributed by atoms with Gasteiger partial charge in [-0.25, -0.2) is 12.7 Å². The molecule has 120 valence electrons. The highest BCUT2D eigenvalue weighted by Gasteiger charge is 2.36. The fourth-order valence-electron chi connectivity index (χ4n) is 3.12. The molecular formula is C15H20N2O3S2. The van der Waals surface area contributed by atoms with Crippen LogP contribution in [-0.4, -0.2) is 42.5 Å². The van der Waals surface area contributed by atoms with Gasteiger partial charge >= 0.3 is 0 Å². The summed E-state index contributed by atoms with van der Waals surface area (Å²) in [6.45, 7) is 0. The van der Waals surface area contributed by atoms with Gasteiger partial charge in [-0.05, 0) is 31.2 Å². The molecule has 0 bridgehead atoms. The predicted molar refractivity (Wildman–Crippen MR) is 89.3 cm³/mol. The average molecular weight is 340 g/mol. The first-order valence-electron chi connectivity index (χ1n) is 7.34. The quantitative estimate of drug-likeness (QED) is 0.837. The Morgan fingerprint density at radius 2 is 2.14 bits per heavy atom. The molecule has 2 atom stereocenters. The molecule has 3 rings (SSSR count). The minimum atomic E-state index is -3.40. The molecule has 22 heavy (non-hydrogen) atoms. The van der Waals surface area contributed by atoms with E-state index in [1.807, 2.05) is 18.2 Å². The lowest BCUT2D eigenvalue weighted by Crippen LogP contribution is -2.41. The highest BCUT2D eigenvalue weighted by Crippen LogP contribution is 2.33. The number of sulfonamides is 1. The SMILES string of the molecule is CS[C@@H]1CCC[C@@H]1N(C)S(=O)(=O)Cc1noc2ccccc12. The first-order valence-corrected chi connectivity index (χ1v) is 10.2. The third-order valence-electron chi connectivity index (χ3n) is 4.40. The predicted octanol–water partition coefficient (Wildman–Crippen LogP) is 2.87. The van der Waals surface area contributed by atoms with E-state index in [0.717, 1.165) is 24.6 Å². The number of hydrogen-bond donors (Lipinski definition) is 0. The number of thioether (sulfide) groups is 1. The van der Waals surface area contributed by atoms with Crippen LogP contribution in [0.25, 0.3) is 11.0 Å². The van der Waals surface area contributed by atoms with Crippen molar-refractivity contribution in [3.63, 3.8) is 0 Å². The lowest BCUT2D eigenvalue weighted by Gasteiger charge is -2.27. The second-order valence-electron chi connectivity index (χ2n) is 5.67. The Hall–Kier alpha value is -1.05. The monoisotopic (exact) mass is 340 g/mol. The molecule has 0 spiro atoms. The Balaban J connectivity index is 1.84. The molecule has 1 aliphatic rings. The Morgan fingerprint density at radius 3 is 2.91 bits per heavy atom. The summed E-state index contributed by atoms with van der Waals surface area (Å²) in [6, 6.07) is 7.43. The van der Waals surface area contributed by atoms with Crippen LogP contribution in [0.4, 0.5) is 0 Å². The van der Waals surface area contributed by atoms with E-state index in [1.165, 1.54) is 0 Å². The average Bonchev–Trinajstić information content (AvgIpc) is 3.13. The number of hydrogen-bond acceptors (Lipinski definition) is 5. The van der Waals surface area contributed by atoms with Crippen molar-refractivity contribution in [1.29, 1.82) is 0 Å². The molecule has 1 fully saturated rings. The van der Waals surface area contributed by atoms with Crippen LogP contribution in [0, 0.1) is 0 Å². The van der Waals surface area contributed by atoms with Crippen molar-refractivity contribution in [2.24, 2.45) is 0 Å². The van der Waals surface area contributed by atoms with Crippen molar-refractivity contribution >= 4 is 32.8 Å². The summed E-state index contributed by atoms with van der Waals surface area (Å²) in [4.78, 5) is 0. The van der Waals surface area contributed by atoms with Gasteiger partial charge in [0.2, 0.25) is 10.0 Å². The van der Waals surface area contributed by atoms with E-state index in [-0.39, 0.29) is 11.8 Å². The normalized spacial score (nSPS) is 22.7. The molecule has 1 heterocycles. The van der Waals surface area contributed by atoms with Crippen molar-refractivity contribution in [2.75, 3.05) is 13.3 Å². The summed E-state index contributed by atoms with van der Waals surface area (Å²) in [5.41, 5.74) is 1.11. The smallest absolute Gasteiger partial charge is 0.220 e. The van der Waals surface area contributed by atoms with Crippen molar-refractivity contribution in [2.45, 2.75) is 36.3 Å². The first kappa shape index (κ1) is 15.8. The minimum absolute atomic E-state index is 0.0816. The molecule has 7 heteroatoms. The summed E-state index contributed by atoms with van der Waals surface area (Å²) in [5, 5.41) is 5.10. The van der Waals surface area contributed by atoms with Gasteiger partial charge in [-0.3, -0.25) is 0 Å². The van der Waals surface area contributed by atoms with E-state index in [0.29, 0.717) is 16.5 Å². The van der Waals surface area contributed by atoms with Gasteiger partial charge in [-0.2, -0.15) is 11.8 Å². The lowest BCUT2D eigenvalue weighted by molar-refractivity contribution is 0.376. The maximum absolute atomic E-state index is 12.7. The van der Waals surface area contributed by atoms with Crippen LogP contribution in [0.3, 0.4) is 0 Å². The van der Waals surface area contributed by atoms with Crippen molar-refractivity contribution in [3.05, 3.63) is 30.0 Å². The Bertz CT molecular complexity index is 757. The summed E-state index contributed by atoms with van der Waals surface area (Å²) in [7, 11) is -1.71. The molecule has 0 aliphatic heterocycles. The van der Waals surface area contributed by atoms with Crippen LogP contribution in [0.2, 0.25) is 0 Å². The standard InChI is InChI=1S/C15H20N2O3S2/c1-17(13-7-5-9-15(13)21-2)22(18,19)10-12-11-6-3-4-8-14(11)20-16-12/h3-4,6,8,13,15H,5,7,9-10H2,1-2H3/t13-,15+/m0/s1. The Labute approximate surface area is 135 Å². The molecule has 0 amide bonds. The summed E-state index contributed by atoms with van der Waals surface area (Å²) >= 11 is 1.76. The summed E-state index contributed by atoms with van der Waals surface area (Å²) in [5.74, 6) is -0.113. The largest absolute Gasteiger partial charge is 0.356 e. The van der Waals surface area contributed by atoms with Gasteiger partial charge in [0.05, 0.1) is 0 Å². The molecule has 1 aromatic heterocycles. The highest BCUT2D eigenvalue weighted by molar-refractivity contribution is 7.99. The lowest BCUT2D eigenvalue weighted by atomic mass is 10.2. The molecule has 0 radical (unpaired) electrons. The first-order chi connectivity index (χ1) is 10.5. The number of aromatic nitrogens is 1. The molecule has 2 aromatic rings. The molecule has 0 N–H and O–H groups in total. The van der Waals surface area contributed by atoms with E-state index in [9.17, 15) is 8.42 Å². The second kappa shape index (κ2) is 6.22. The van der Waals surface area contributed by atoms with Gasteiger partial charge in [0.25, 0.3) is 0 Å². The van der Waals surface area contributed by atoms with Crippen LogP contribution < -0.4 is 0 Å². The van der Waals surface area contributed by atoms with E-state index >= 15 is 0 Å². The number of rotatable bonds is 5. The zero-order valence-corrected chi connectivity index (χ0v) is 14.4. The third kappa shape index (κ3) is 2.89. The highest BCUT2D eigenvalue weighted by atomic mass is 32.2. The summed E-state index contributed by atoms with van der Waals surface area (Å²) in [6.07, 6.45) is 5.15. The van der Waals surface area contributed by atoms with Crippen LogP contribution >= 0.6 is 11.8 Å². The molecule has 5 nitrogen and oxygen atoms in total. The van der Waals surface area contributed by atoms with E-state index in [4.69, 9.17) is 4.52 Å². The minimum Gasteiger partial charge on any atom is -0.356 e. The summed E-state index contributed by atoms with van der Waals surface area (Å²) < 4.78 is 32.2. The Kier molecular flexibility index (Phi) is 4.47. The second-order valence-corrected chi connectivity index (χ2v) is 8.78. The molecule has 0 saturated heterocycles. The molecule has 1 aromatic carbocycles. The van der Waals surface area contributed by atoms with Crippen molar-refractivity contribution in [3.8, 4) is 0 Å².